The number of nitrogens with zero attached hydrogens (tertiary/aromatic N) is 5. The van der Waals surface area contributed by atoms with Crippen molar-refractivity contribution < 1.29 is 4.79 Å². The molecule has 8 heteroatoms. The molecule has 0 radical (unpaired) electrons. The number of aromatic nitrogens is 4. The molecule has 1 aliphatic rings. The van der Waals surface area contributed by atoms with Crippen LogP contribution in [-0.2, 0) is 4.79 Å². The summed E-state index contributed by atoms with van der Waals surface area (Å²) in [5.41, 5.74) is 3.22. The minimum Gasteiger partial charge on any atom is -0.271 e. The monoisotopic (exact) mass is 260 g/mol. The van der Waals surface area contributed by atoms with Crippen LogP contribution in [0.5, 0.6) is 0 Å². The Morgan fingerprint density at radius 1 is 1.28 bits per heavy atom. The highest BCUT2D eigenvalue weighted by Gasteiger charge is 2.25. The van der Waals surface area contributed by atoms with Crippen LogP contribution < -0.4 is 5.43 Å². The fourth-order valence-corrected chi connectivity index (χ4v) is 2.32. The van der Waals surface area contributed by atoms with E-state index in [9.17, 15) is 4.79 Å². The summed E-state index contributed by atoms with van der Waals surface area (Å²) in [5, 5.41) is 15.3. The van der Waals surface area contributed by atoms with Crippen LogP contribution in [0.4, 0.5) is 0 Å². The minimum absolute atomic E-state index is 0.164. The normalized spacial score (nSPS) is 18.0. The van der Waals surface area contributed by atoms with Gasteiger partial charge in [0.05, 0.1) is 5.69 Å². The van der Waals surface area contributed by atoms with Crippen molar-refractivity contribution >= 4 is 23.9 Å². The van der Waals surface area contributed by atoms with E-state index in [0.29, 0.717) is 5.16 Å². The molecule has 1 aromatic heterocycles. The van der Waals surface area contributed by atoms with Crippen molar-refractivity contribution in [2.75, 3.05) is 0 Å². The zero-order chi connectivity index (χ0) is 12.4. The van der Waals surface area contributed by atoms with Crippen LogP contribution in [0.15, 0.2) is 40.6 Å². The molecule has 3 rings (SSSR count). The standard InChI is InChI=1S/C10H8N6OS/c17-9-8(6-11-12-9)18-10-13-14-15-16(10)7-4-2-1-3-5-7/h1-6,8H,(H,12,17). The number of thioether (sulfide) groups is 1. The van der Waals surface area contributed by atoms with Crippen molar-refractivity contribution in [3.8, 4) is 5.69 Å². The first-order valence-corrected chi connectivity index (χ1v) is 6.06. The summed E-state index contributed by atoms with van der Waals surface area (Å²) in [4.78, 5) is 11.4. The number of para-hydroxylation sites is 1. The minimum atomic E-state index is -0.390. The Hall–Kier alpha value is -2.22. The maximum atomic E-state index is 11.4. The largest absolute Gasteiger partial charge is 0.271 e. The summed E-state index contributed by atoms with van der Waals surface area (Å²) in [5.74, 6) is -0.164. The average Bonchev–Trinajstić information content (AvgIpc) is 3.01. The van der Waals surface area contributed by atoms with Gasteiger partial charge in [0.25, 0.3) is 5.91 Å². The van der Waals surface area contributed by atoms with E-state index in [2.05, 4.69) is 26.1 Å². The molecule has 0 bridgehead atoms. The van der Waals surface area contributed by atoms with E-state index in [4.69, 9.17) is 0 Å². The first-order valence-electron chi connectivity index (χ1n) is 5.18. The van der Waals surface area contributed by atoms with E-state index >= 15 is 0 Å². The molecule has 1 atom stereocenters. The van der Waals surface area contributed by atoms with Gasteiger partial charge in [-0.25, -0.2) is 5.43 Å². The fraction of sp³-hybridized carbons (Fsp3) is 0.100. The van der Waals surface area contributed by atoms with Crippen molar-refractivity contribution in [3.05, 3.63) is 30.3 Å². The van der Waals surface area contributed by atoms with E-state index < -0.39 is 5.25 Å². The van der Waals surface area contributed by atoms with Gasteiger partial charge in [0, 0.05) is 6.21 Å². The number of benzene rings is 1. The van der Waals surface area contributed by atoms with Crippen molar-refractivity contribution in [2.45, 2.75) is 10.4 Å². The molecule has 18 heavy (non-hydrogen) atoms. The molecular formula is C10H8N6OS. The Kier molecular flexibility index (Phi) is 2.77. The van der Waals surface area contributed by atoms with Crippen LogP contribution >= 0.6 is 11.8 Å². The number of tetrazole rings is 1. The molecule has 1 aromatic carbocycles. The van der Waals surface area contributed by atoms with Crippen molar-refractivity contribution in [3.63, 3.8) is 0 Å². The van der Waals surface area contributed by atoms with Gasteiger partial charge in [-0.2, -0.15) is 9.78 Å². The van der Waals surface area contributed by atoms with E-state index in [1.165, 1.54) is 18.0 Å². The van der Waals surface area contributed by atoms with Crippen molar-refractivity contribution in [1.82, 2.24) is 25.6 Å². The lowest BCUT2D eigenvalue weighted by molar-refractivity contribution is -0.118. The second-order valence-corrected chi connectivity index (χ2v) is 4.61. The van der Waals surface area contributed by atoms with Gasteiger partial charge in [0.2, 0.25) is 5.16 Å². The number of nitrogens with one attached hydrogen (secondary N) is 1. The van der Waals surface area contributed by atoms with Crippen molar-refractivity contribution in [2.24, 2.45) is 5.10 Å². The van der Waals surface area contributed by atoms with Gasteiger partial charge in [0.15, 0.2) is 0 Å². The van der Waals surface area contributed by atoms with Crippen molar-refractivity contribution in [1.29, 1.82) is 0 Å². The number of carbonyl (C=O) groups is 1. The first kappa shape index (κ1) is 10.9. The summed E-state index contributed by atoms with van der Waals surface area (Å²) in [6.07, 6.45) is 1.54. The number of hydrogen-bond acceptors (Lipinski definition) is 6. The Morgan fingerprint density at radius 2 is 2.11 bits per heavy atom. The molecule has 2 aromatic rings. The third-order valence-electron chi connectivity index (χ3n) is 2.32. The molecule has 90 valence electrons. The highest BCUT2D eigenvalue weighted by molar-refractivity contribution is 8.01. The third kappa shape index (κ3) is 1.97. The molecular weight excluding hydrogens is 252 g/mol. The average molecular weight is 260 g/mol. The number of hydrazone groups is 1. The Balaban J connectivity index is 1.88. The topological polar surface area (TPSA) is 85.1 Å². The van der Waals surface area contributed by atoms with E-state index in [0.717, 1.165) is 5.69 Å². The molecule has 0 aliphatic carbocycles. The molecule has 0 saturated carbocycles. The second-order valence-electron chi connectivity index (χ2n) is 3.50. The number of carbonyl (C=O) groups excluding carboxylic acids is 1. The Bertz CT molecular complexity index is 595. The molecule has 1 N–H and O–H groups in total. The van der Waals surface area contributed by atoms with Gasteiger partial charge in [0.1, 0.15) is 5.25 Å². The second kappa shape index (κ2) is 4.57. The molecule has 1 aliphatic heterocycles. The maximum Gasteiger partial charge on any atom is 0.259 e. The summed E-state index contributed by atoms with van der Waals surface area (Å²) in [7, 11) is 0. The lowest BCUT2D eigenvalue weighted by atomic mass is 10.3. The van der Waals surface area contributed by atoms with Gasteiger partial charge < -0.3 is 0 Å². The fourth-order valence-electron chi connectivity index (χ4n) is 1.48. The summed E-state index contributed by atoms with van der Waals surface area (Å²) < 4.78 is 1.59. The highest BCUT2D eigenvalue weighted by Crippen LogP contribution is 2.23. The summed E-state index contributed by atoms with van der Waals surface area (Å²) in [6, 6.07) is 9.49. The zero-order valence-corrected chi connectivity index (χ0v) is 9.91. The molecule has 0 spiro atoms. The van der Waals surface area contributed by atoms with Gasteiger partial charge in [-0.1, -0.05) is 30.0 Å². The Morgan fingerprint density at radius 3 is 2.83 bits per heavy atom. The van der Waals surface area contributed by atoms with Gasteiger partial charge in [-0.15, -0.1) is 5.10 Å². The van der Waals surface area contributed by atoms with Crippen LogP contribution in [0.25, 0.3) is 5.69 Å². The predicted molar refractivity (Wildman–Crippen MR) is 65.4 cm³/mol. The van der Waals surface area contributed by atoms with Gasteiger partial charge in [-0.05, 0) is 22.6 Å². The van der Waals surface area contributed by atoms with Crippen LogP contribution in [0.3, 0.4) is 0 Å². The molecule has 1 amide bonds. The molecule has 2 heterocycles. The summed E-state index contributed by atoms with van der Waals surface area (Å²) in [6.45, 7) is 0. The first-order chi connectivity index (χ1) is 8.84. The highest BCUT2D eigenvalue weighted by atomic mass is 32.2. The molecule has 1 unspecified atom stereocenters. The van der Waals surface area contributed by atoms with Gasteiger partial charge >= 0.3 is 0 Å². The van der Waals surface area contributed by atoms with E-state index in [1.54, 1.807) is 4.68 Å². The van der Waals surface area contributed by atoms with E-state index in [1.807, 2.05) is 30.3 Å². The van der Waals surface area contributed by atoms with Crippen LogP contribution in [0.1, 0.15) is 0 Å². The van der Waals surface area contributed by atoms with Crippen LogP contribution in [-0.4, -0.2) is 37.6 Å². The lowest BCUT2D eigenvalue weighted by Gasteiger charge is -2.05. The smallest absolute Gasteiger partial charge is 0.259 e. The molecule has 0 saturated heterocycles. The quantitative estimate of drug-likeness (QED) is 0.854. The third-order valence-corrected chi connectivity index (χ3v) is 3.37. The van der Waals surface area contributed by atoms with Crippen LogP contribution in [0, 0.1) is 0 Å². The predicted octanol–water partition coefficient (Wildman–Crippen LogP) is 0.239. The molecule has 7 nitrogen and oxygen atoms in total. The lowest BCUT2D eigenvalue weighted by Crippen LogP contribution is -2.22. The number of rotatable bonds is 3. The molecule has 0 fully saturated rings. The SMILES string of the molecule is O=C1NN=CC1Sc1nnnn1-c1ccccc1. The van der Waals surface area contributed by atoms with E-state index in [-0.39, 0.29) is 5.91 Å². The maximum absolute atomic E-state index is 11.4. The van der Waals surface area contributed by atoms with Gasteiger partial charge in [-0.3, -0.25) is 4.79 Å². The Labute approximate surface area is 106 Å². The number of hydrogen-bond donors (Lipinski definition) is 1. The zero-order valence-electron chi connectivity index (χ0n) is 9.09. The number of amides is 1. The van der Waals surface area contributed by atoms with Crippen LogP contribution in [0.2, 0.25) is 0 Å². The summed E-state index contributed by atoms with van der Waals surface area (Å²) >= 11 is 1.25.